The van der Waals surface area contributed by atoms with Gasteiger partial charge >= 0.3 is 0 Å². The molecule has 0 aliphatic heterocycles. The van der Waals surface area contributed by atoms with Crippen molar-refractivity contribution in [1.82, 2.24) is 5.32 Å². The highest BCUT2D eigenvalue weighted by Crippen LogP contribution is 2.34. The molecule has 3 unspecified atom stereocenters. The lowest BCUT2D eigenvalue weighted by Crippen LogP contribution is -2.47. The molecule has 0 aromatic carbocycles. The Labute approximate surface area is 99.2 Å². The number of nitrogens with two attached hydrogens (primary N) is 1. The average Bonchev–Trinajstić information content (AvgIpc) is 2.60. The highest BCUT2D eigenvalue weighted by atomic mass is 16.2. The van der Waals surface area contributed by atoms with Crippen molar-refractivity contribution in [3.8, 4) is 0 Å². The van der Waals surface area contributed by atoms with E-state index >= 15 is 0 Å². The molecule has 1 rings (SSSR count). The van der Waals surface area contributed by atoms with Crippen molar-refractivity contribution >= 4 is 5.91 Å². The van der Waals surface area contributed by atoms with Gasteiger partial charge < -0.3 is 11.1 Å². The average molecular weight is 226 g/mol. The lowest BCUT2D eigenvalue weighted by molar-refractivity contribution is -0.129. The third kappa shape index (κ3) is 2.76. The van der Waals surface area contributed by atoms with Crippen LogP contribution in [0.3, 0.4) is 0 Å². The van der Waals surface area contributed by atoms with Gasteiger partial charge in [0.25, 0.3) is 0 Å². The maximum Gasteiger partial charge on any atom is 0.227 e. The van der Waals surface area contributed by atoms with Crippen molar-refractivity contribution in [1.29, 1.82) is 0 Å². The zero-order valence-electron chi connectivity index (χ0n) is 11.0. The Kier molecular flexibility index (Phi) is 4.36. The zero-order valence-corrected chi connectivity index (χ0v) is 11.0. The molecule has 0 saturated heterocycles. The molecule has 0 radical (unpaired) electrons. The van der Waals surface area contributed by atoms with Crippen LogP contribution in [0.25, 0.3) is 0 Å². The summed E-state index contributed by atoms with van der Waals surface area (Å²) in [6.07, 6.45) is 3.57. The third-order valence-corrected chi connectivity index (χ3v) is 4.19. The van der Waals surface area contributed by atoms with Crippen LogP contribution in [0.15, 0.2) is 0 Å². The van der Waals surface area contributed by atoms with Crippen molar-refractivity contribution in [2.45, 2.75) is 53.0 Å². The first-order valence-corrected chi connectivity index (χ1v) is 6.43. The van der Waals surface area contributed by atoms with Crippen LogP contribution in [-0.4, -0.2) is 18.5 Å². The number of carbonyl (C=O) groups is 1. The molecule has 3 atom stereocenters. The molecule has 3 N–H and O–H groups in total. The molecule has 1 fully saturated rings. The second kappa shape index (κ2) is 5.17. The number of hydrogen-bond donors (Lipinski definition) is 2. The van der Waals surface area contributed by atoms with E-state index in [1.165, 1.54) is 12.8 Å². The van der Waals surface area contributed by atoms with E-state index in [4.69, 9.17) is 5.73 Å². The first kappa shape index (κ1) is 13.5. The molecule has 1 saturated carbocycles. The largest absolute Gasteiger partial charge is 0.353 e. The minimum Gasteiger partial charge on any atom is -0.353 e. The summed E-state index contributed by atoms with van der Waals surface area (Å²) >= 11 is 0. The van der Waals surface area contributed by atoms with E-state index in [1.54, 1.807) is 0 Å². The molecular weight excluding hydrogens is 200 g/mol. The topological polar surface area (TPSA) is 55.1 Å². The van der Waals surface area contributed by atoms with E-state index in [1.807, 2.05) is 13.8 Å². The van der Waals surface area contributed by atoms with Gasteiger partial charge in [0.1, 0.15) is 0 Å². The molecule has 94 valence electrons. The molecular formula is C13H26N2O. The van der Waals surface area contributed by atoms with Gasteiger partial charge in [-0.2, -0.15) is 0 Å². The lowest BCUT2D eigenvalue weighted by atomic mass is 9.90. The van der Waals surface area contributed by atoms with Gasteiger partial charge in [0.2, 0.25) is 5.91 Å². The Bertz CT molecular complexity index is 250. The molecule has 0 aromatic rings. The maximum absolute atomic E-state index is 12.0. The molecule has 1 aliphatic carbocycles. The summed E-state index contributed by atoms with van der Waals surface area (Å²) in [6, 6.07) is 0.350. The second-order valence-corrected chi connectivity index (χ2v) is 5.77. The van der Waals surface area contributed by atoms with E-state index in [2.05, 4.69) is 19.2 Å². The molecule has 0 aromatic heterocycles. The molecule has 0 bridgehead atoms. The van der Waals surface area contributed by atoms with Gasteiger partial charge in [-0.25, -0.2) is 0 Å². The fourth-order valence-corrected chi connectivity index (χ4v) is 2.48. The Hall–Kier alpha value is -0.570. The summed E-state index contributed by atoms with van der Waals surface area (Å²) in [4.78, 5) is 12.0. The van der Waals surface area contributed by atoms with Gasteiger partial charge in [-0.1, -0.05) is 20.3 Å². The van der Waals surface area contributed by atoms with Crippen molar-refractivity contribution in [3.63, 3.8) is 0 Å². The fraction of sp³-hybridized carbons (Fsp3) is 0.923. The summed E-state index contributed by atoms with van der Waals surface area (Å²) in [7, 11) is 0. The number of rotatable bonds is 4. The van der Waals surface area contributed by atoms with Crippen LogP contribution in [0.1, 0.15) is 47.0 Å². The molecule has 1 amide bonds. The smallest absolute Gasteiger partial charge is 0.227 e. The number of hydrogen-bond acceptors (Lipinski definition) is 2. The SMILES string of the molecule is CCC1CCC(NC(=O)C(C)(C)CN)C1C. The van der Waals surface area contributed by atoms with Crippen LogP contribution in [-0.2, 0) is 4.79 Å². The minimum absolute atomic E-state index is 0.101. The van der Waals surface area contributed by atoms with Gasteiger partial charge in [-0.15, -0.1) is 0 Å². The first-order valence-electron chi connectivity index (χ1n) is 6.43. The minimum atomic E-state index is -0.440. The summed E-state index contributed by atoms with van der Waals surface area (Å²) in [5.41, 5.74) is 5.17. The van der Waals surface area contributed by atoms with Crippen molar-refractivity contribution in [2.75, 3.05) is 6.54 Å². The predicted molar refractivity (Wildman–Crippen MR) is 66.9 cm³/mol. The summed E-state index contributed by atoms with van der Waals surface area (Å²) < 4.78 is 0. The third-order valence-electron chi connectivity index (χ3n) is 4.19. The lowest BCUT2D eigenvalue weighted by Gasteiger charge is -2.27. The van der Waals surface area contributed by atoms with E-state index < -0.39 is 5.41 Å². The van der Waals surface area contributed by atoms with Crippen molar-refractivity contribution in [3.05, 3.63) is 0 Å². The summed E-state index contributed by atoms with van der Waals surface area (Å²) in [5.74, 6) is 1.47. The Morgan fingerprint density at radius 1 is 1.44 bits per heavy atom. The van der Waals surface area contributed by atoms with E-state index in [0.717, 1.165) is 12.3 Å². The maximum atomic E-state index is 12.0. The van der Waals surface area contributed by atoms with Crippen LogP contribution in [0.4, 0.5) is 0 Å². The molecule has 3 nitrogen and oxygen atoms in total. The monoisotopic (exact) mass is 226 g/mol. The van der Waals surface area contributed by atoms with Gasteiger partial charge in [0.15, 0.2) is 0 Å². The summed E-state index contributed by atoms with van der Waals surface area (Å²) in [6.45, 7) is 8.69. The van der Waals surface area contributed by atoms with E-state index in [0.29, 0.717) is 18.5 Å². The number of amides is 1. The number of nitrogens with one attached hydrogen (secondary N) is 1. The van der Waals surface area contributed by atoms with Crippen molar-refractivity contribution < 1.29 is 4.79 Å². The summed E-state index contributed by atoms with van der Waals surface area (Å²) in [5, 5.41) is 3.17. The van der Waals surface area contributed by atoms with Crippen LogP contribution in [0, 0.1) is 17.3 Å². The highest BCUT2D eigenvalue weighted by Gasteiger charge is 2.35. The highest BCUT2D eigenvalue weighted by molar-refractivity contribution is 5.82. The van der Waals surface area contributed by atoms with E-state index in [9.17, 15) is 4.79 Å². The molecule has 16 heavy (non-hydrogen) atoms. The second-order valence-electron chi connectivity index (χ2n) is 5.77. The van der Waals surface area contributed by atoms with Crippen LogP contribution >= 0.6 is 0 Å². The zero-order chi connectivity index (χ0) is 12.3. The molecule has 0 spiro atoms. The van der Waals surface area contributed by atoms with Crippen LogP contribution < -0.4 is 11.1 Å². The quantitative estimate of drug-likeness (QED) is 0.769. The fourth-order valence-electron chi connectivity index (χ4n) is 2.48. The molecule has 3 heteroatoms. The molecule has 0 heterocycles. The molecule has 1 aliphatic rings. The predicted octanol–water partition coefficient (Wildman–Crippen LogP) is 1.91. The van der Waals surface area contributed by atoms with E-state index in [-0.39, 0.29) is 5.91 Å². The van der Waals surface area contributed by atoms with Gasteiger partial charge in [0, 0.05) is 12.6 Å². The van der Waals surface area contributed by atoms with Gasteiger partial charge in [-0.05, 0) is 38.5 Å². The normalized spacial score (nSPS) is 30.4. The Balaban J connectivity index is 2.53. The van der Waals surface area contributed by atoms with Crippen molar-refractivity contribution in [2.24, 2.45) is 23.0 Å². The van der Waals surface area contributed by atoms with Crippen LogP contribution in [0.2, 0.25) is 0 Å². The van der Waals surface area contributed by atoms with Gasteiger partial charge in [-0.3, -0.25) is 4.79 Å². The Morgan fingerprint density at radius 3 is 2.50 bits per heavy atom. The first-order chi connectivity index (χ1) is 7.42. The Morgan fingerprint density at radius 2 is 2.06 bits per heavy atom. The number of carbonyl (C=O) groups excluding carboxylic acids is 1. The van der Waals surface area contributed by atoms with Gasteiger partial charge in [0.05, 0.1) is 5.41 Å². The standard InChI is InChI=1S/C13H26N2O/c1-5-10-6-7-11(9(10)2)15-12(16)13(3,4)8-14/h9-11H,5-8,14H2,1-4H3,(H,15,16). The van der Waals surface area contributed by atoms with Crippen LogP contribution in [0.5, 0.6) is 0 Å².